The number of carbonyl (C=O) groups excluding carboxylic acids is 1. The minimum absolute atomic E-state index is 0.00729. The Balaban J connectivity index is 1.37. The molecule has 4 heterocycles. The largest absolute Gasteiger partial charge is 0.352 e. The summed E-state index contributed by atoms with van der Waals surface area (Å²) < 4.78 is 2.13. The molecule has 4 rings (SSSR count). The standard InChI is InChI=1S/C18H20N4OS2/c23-18(15-4-8-25-13-15)19-5-1-16-10-21(9-14-3-7-24-12-14)11-17-2-6-20-22(16)17/h2-4,6-8,12-13,16H,1,5,9-11H2,(H,19,23)/t16-/m0/s1. The van der Waals surface area contributed by atoms with Gasteiger partial charge < -0.3 is 5.32 Å². The normalized spacial score (nSPS) is 17.4. The Hall–Kier alpha value is -1.96. The van der Waals surface area contributed by atoms with E-state index in [-0.39, 0.29) is 5.91 Å². The molecule has 0 saturated heterocycles. The number of hydrogen-bond acceptors (Lipinski definition) is 5. The highest BCUT2D eigenvalue weighted by Crippen LogP contribution is 2.24. The van der Waals surface area contributed by atoms with Crippen LogP contribution < -0.4 is 5.32 Å². The van der Waals surface area contributed by atoms with Crippen molar-refractivity contribution in [2.75, 3.05) is 13.1 Å². The van der Waals surface area contributed by atoms with Crippen LogP contribution in [0.25, 0.3) is 0 Å². The molecule has 1 amide bonds. The van der Waals surface area contributed by atoms with Gasteiger partial charge in [0, 0.05) is 43.3 Å². The second-order valence-electron chi connectivity index (χ2n) is 6.28. The van der Waals surface area contributed by atoms with Crippen molar-refractivity contribution in [2.45, 2.75) is 25.6 Å². The van der Waals surface area contributed by atoms with E-state index in [1.165, 1.54) is 11.3 Å². The lowest BCUT2D eigenvalue weighted by atomic mass is 10.1. The molecule has 0 bridgehead atoms. The Kier molecular flexibility index (Phi) is 4.96. The SMILES string of the molecule is O=C(NCC[C@H]1CN(Cc2ccsc2)Cc2ccnn21)c1ccsc1. The lowest BCUT2D eigenvalue weighted by Gasteiger charge is -2.33. The smallest absolute Gasteiger partial charge is 0.252 e. The number of fused-ring (bicyclic) bond motifs is 1. The Morgan fingerprint density at radius 2 is 2.12 bits per heavy atom. The minimum Gasteiger partial charge on any atom is -0.352 e. The molecule has 1 atom stereocenters. The van der Waals surface area contributed by atoms with Crippen molar-refractivity contribution in [1.29, 1.82) is 0 Å². The lowest BCUT2D eigenvalue weighted by molar-refractivity contribution is 0.0947. The lowest BCUT2D eigenvalue weighted by Crippen LogP contribution is -2.38. The number of nitrogens with one attached hydrogen (secondary N) is 1. The van der Waals surface area contributed by atoms with E-state index in [0.717, 1.165) is 31.6 Å². The van der Waals surface area contributed by atoms with Crippen LogP contribution in [0, 0.1) is 0 Å². The Morgan fingerprint density at radius 3 is 2.92 bits per heavy atom. The van der Waals surface area contributed by atoms with Crippen LogP contribution in [0.2, 0.25) is 0 Å². The highest BCUT2D eigenvalue weighted by atomic mass is 32.1. The van der Waals surface area contributed by atoms with Crippen molar-refractivity contribution >= 4 is 28.6 Å². The van der Waals surface area contributed by atoms with Gasteiger partial charge in [0.05, 0.1) is 11.7 Å². The Bertz CT molecular complexity index is 810. The molecule has 0 unspecified atom stereocenters. The average molecular weight is 373 g/mol. The van der Waals surface area contributed by atoms with E-state index >= 15 is 0 Å². The number of hydrogen-bond donors (Lipinski definition) is 1. The molecular formula is C18H20N4OS2. The Morgan fingerprint density at radius 1 is 1.24 bits per heavy atom. The molecule has 0 aromatic carbocycles. The molecule has 3 aromatic heterocycles. The predicted molar refractivity (Wildman–Crippen MR) is 101 cm³/mol. The zero-order valence-corrected chi connectivity index (χ0v) is 15.4. The van der Waals surface area contributed by atoms with E-state index in [2.05, 4.69) is 42.9 Å². The molecular weight excluding hydrogens is 352 g/mol. The molecule has 0 radical (unpaired) electrons. The minimum atomic E-state index is 0.00729. The van der Waals surface area contributed by atoms with Crippen molar-refractivity contribution in [3.63, 3.8) is 0 Å². The number of aromatic nitrogens is 2. The van der Waals surface area contributed by atoms with Gasteiger partial charge in [0.15, 0.2) is 0 Å². The van der Waals surface area contributed by atoms with E-state index in [0.29, 0.717) is 12.6 Å². The van der Waals surface area contributed by atoms with Crippen LogP contribution in [0.5, 0.6) is 0 Å². The molecule has 130 valence electrons. The summed E-state index contributed by atoms with van der Waals surface area (Å²) in [5.41, 5.74) is 3.35. The summed E-state index contributed by atoms with van der Waals surface area (Å²) in [6, 6.07) is 6.43. The van der Waals surface area contributed by atoms with Gasteiger partial charge in [0.1, 0.15) is 0 Å². The molecule has 25 heavy (non-hydrogen) atoms. The van der Waals surface area contributed by atoms with Crippen LogP contribution in [0.1, 0.15) is 34.1 Å². The molecule has 1 aliphatic heterocycles. The topological polar surface area (TPSA) is 50.2 Å². The van der Waals surface area contributed by atoms with Crippen LogP contribution in [0.15, 0.2) is 45.9 Å². The van der Waals surface area contributed by atoms with Gasteiger partial charge in [-0.1, -0.05) is 0 Å². The zero-order valence-electron chi connectivity index (χ0n) is 13.8. The second-order valence-corrected chi connectivity index (χ2v) is 7.84. The van der Waals surface area contributed by atoms with Crippen molar-refractivity contribution in [1.82, 2.24) is 20.0 Å². The summed E-state index contributed by atoms with van der Waals surface area (Å²) in [6.07, 6.45) is 2.76. The first kappa shape index (κ1) is 16.5. The number of amides is 1. The molecule has 1 N–H and O–H groups in total. The second kappa shape index (κ2) is 7.51. The fraction of sp³-hybridized carbons (Fsp3) is 0.333. The maximum atomic E-state index is 12.1. The van der Waals surface area contributed by atoms with E-state index in [4.69, 9.17) is 0 Å². The highest BCUT2D eigenvalue weighted by molar-refractivity contribution is 7.08. The summed E-state index contributed by atoms with van der Waals surface area (Å²) in [6.45, 7) is 3.50. The summed E-state index contributed by atoms with van der Waals surface area (Å²) in [5, 5.41) is 15.7. The van der Waals surface area contributed by atoms with Gasteiger partial charge in [0.25, 0.3) is 5.91 Å². The first-order chi connectivity index (χ1) is 12.3. The molecule has 0 saturated carbocycles. The van der Waals surface area contributed by atoms with Gasteiger partial charge in [-0.15, -0.1) is 0 Å². The van der Waals surface area contributed by atoms with Crippen LogP contribution in [0.3, 0.4) is 0 Å². The monoisotopic (exact) mass is 372 g/mol. The molecule has 5 nitrogen and oxygen atoms in total. The average Bonchev–Trinajstić information content (AvgIpc) is 3.36. The van der Waals surface area contributed by atoms with Crippen molar-refractivity contribution in [3.8, 4) is 0 Å². The van der Waals surface area contributed by atoms with E-state index in [9.17, 15) is 4.79 Å². The fourth-order valence-corrected chi connectivity index (χ4v) is 4.58. The van der Waals surface area contributed by atoms with Crippen molar-refractivity contribution in [2.24, 2.45) is 0 Å². The summed E-state index contributed by atoms with van der Waals surface area (Å²) in [7, 11) is 0. The molecule has 7 heteroatoms. The van der Waals surface area contributed by atoms with Crippen LogP contribution >= 0.6 is 22.7 Å². The van der Waals surface area contributed by atoms with Gasteiger partial charge in [-0.25, -0.2) is 0 Å². The van der Waals surface area contributed by atoms with Crippen LogP contribution in [-0.4, -0.2) is 33.7 Å². The van der Waals surface area contributed by atoms with Gasteiger partial charge >= 0.3 is 0 Å². The number of carbonyl (C=O) groups is 1. The van der Waals surface area contributed by atoms with Gasteiger partial charge in [-0.3, -0.25) is 14.4 Å². The third kappa shape index (κ3) is 3.84. The van der Waals surface area contributed by atoms with E-state index < -0.39 is 0 Å². The van der Waals surface area contributed by atoms with Crippen LogP contribution in [0.4, 0.5) is 0 Å². The molecule has 0 fully saturated rings. The van der Waals surface area contributed by atoms with E-state index in [1.807, 2.05) is 23.0 Å². The molecule has 1 aliphatic rings. The first-order valence-electron chi connectivity index (χ1n) is 8.36. The van der Waals surface area contributed by atoms with Crippen molar-refractivity contribution in [3.05, 3.63) is 62.7 Å². The van der Waals surface area contributed by atoms with Gasteiger partial charge in [0.2, 0.25) is 0 Å². The Labute approximate surface area is 154 Å². The third-order valence-corrected chi connectivity index (χ3v) is 5.90. The van der Waals surface area contributed by atoms with Gasteiger partial charge in [-0.2, -0.15) is 27.8 Å². The zero-order chi connectivity index (χ0) is 17.1. The first-order valence-corrected chi connectivity index (χ1v) is 10.2. The quantitative estimate of drug-likeness (QED) is 0.722. The van der Waals surface area contributed by atoms with Gasteiger partial charge in [-0.05, 0) is 46.3 Å². The number of rotatable bonds is 6. The highest BCUT2D eigenvalue weighted by Gasteiger charge is 2.25. The maximum Gasteiger partial charge on any atom is 0.252 e. The van der Waals surface area contributed by atoms with Crippen LogP contribution in [-0.2, 0) is 13.1 Å². The summed E-state index contributed by atoms with van der Waals surface area (Å²) >= 11 is 3.28. The maximum absolute atomic E-state index is 12.1. The van der Waals surface area contributed by atoms with Crippen molar-refractivity contribution < 1.29 is 4.79 Å². The predicted octanol–water partition coefficient (Wildman–Crippen LogP) is 3.38. The fourth-order valence-electron chi connectivity index (χ4n) is 3.29. The summed E-state index contributed by atoms with van der Waals surface area (Å²) in [5.74, 6) is 0.00729. The van der Waals surface area contributed by atoms with E-state index in [1.54, 1.807) is 22.7 Å². The third-order valence-electron chi connectivity index (χ3n) is 4.49. The summed E-state index contributed by atoms with van der Waals surface area (Å²) in [4.78, 5) is 14.5. The molecule has 3 aromatic rings. The number of thiophene rings is 2. The molecule has 0 aliphatic carbocycles. The molecule has 0 spiro atoms. The number of nitrogens with zero attached hydrogens (tertiary/aromatic N) is 3.